The number of aromatic nitrogens is 1. The van der Waals surface area contributed by atoms with Crippen LogP contribution < -0.4 is 10.0 Å². The number of benzene rings is 1. The minimum absolute atomic E-state index is 0.00960. The first-order chi connectivity index (χ1) is 14.2. The number of thiazole rings is 1. The molecule has 2 aromatic rings. The van der Waals surface area contributed by atoms with Gasteiger partial charge in [0.25, 0.3) is 0 Å². The van der Waals surface area contributed by atoms with Crippen LogP contribution in [-0.2, 0) is 19.6 Å². The van der Waals surface area contributed by atoms with E-state index < -0.39 is 15.8 Å². The molecule has 0 spiro atoms. The van der Waals surface area contributed by atoms with E-state index in [1.54, 1.807) is 4.90 Å². The van der Waals surface area contributed by atoms with Crippen molar-refractivity contribution < 1.29 is 22.4 Å². The van der Waals surface area contributed by atoms with Crippen molar-refractivity contribution in [1.82, 2.24) is 14.6 Å². The van der Waals surface area contributed by atoms with Gasteiger partial charge in [-0.2, -0.15) is 0 Å². The van der Waals surface area contributed by atoms with E-state index in [9.17, 15) is 22.4 Å². The third kappa shape index (κ3) is 5.83. The van der Waals surface area contributed by atoms with Gasteiger partial charge >= 0.3 is 0 Å². The molecule has 0 atom stereocenters. The van der Waals surface area contributed by atoms with Crippen molar-refractivity contribution in [2.75, 3.05) is 25.0 Å². The highest BCUT2D eigenvalue weighted by molar-refractivity contribution is 7.89. The van der Waals surface area contributed by atoms with Crippen LogP contribution >= 0.6 is 11.3 Å². The zero-order chi connectivity index (χ0) is 21.7. The lowest BCUT2D eigenvalue weighted by molar-refractivity contribution is -0.134. The van der Waals surface area contributed by atoms with Crippen molar-refractivity contribution in [3.8, 4) is 0 Å². The van der Waals surface area contributed by atoms with Gasteiger partial charge in [0.05, 0.1) is 10.6 Å². The average molecular weight is 455 g/mol. The summed E-state index contributed by atoms with van der Waals surface area (Å²) in [7, 11) is -3.80. The lowest BCUT2D eigenvalue weighted by Crippen LogP contribution is -2.42. The molecular formula is C19H23FN4O4S2. The number of hydrogen-bond donors (Lipinski definition) is 2. The molecule has 30 heavy (non-hydrogen) atoms. The van der Waals surface area contributed by atoms with E-state index in [1.807, 2.05) is 12.3 Å². The van der Waals surface area contributed by atoms with Gasteiger partial charge in [-0.25, -0.2) is 22.5 Å². The summed E-state index contributed by atoms with van der Waals surface area (Å²) in [6.45, 7) is 2.69. The molecule has 0 bridgehead atoms. The van der Waals surface area contributed by atoms with Gasteiger partial charge in [0.1, 0.15) is 5.82 Å². The Kier molecular flexibility index (Phi) is 7.16. The van der Waals surface area contributed by atoms with Crippen LogP contribution in [0.25, 0.3) is 0 Å². The van der Waals surface area contributed by atoms with E-state index in [1.165, 1.54) is 23.5 Å². The van der Waals surface area contributed by atoms with E-state index in [-0.39, 0.29) is 35.6 Å². The van der Waals surface area contributed by atoms with Gasteiger partial charge in [0.2, 0.25) is 21.8 Å². The second kappa shape index (κ2) is 9.63. The first-order valence-corrected chi connectivity index (χ1v) is 11.9. The molecule has 0 radical (unpaired) electrons. The Morgan fingerprint density at radius 3 is 2.50 bits per heavy atom. The fraction of sp³-hybridized carbons (Fsp3) is 0.421. The standard InChI is InChI=1S/C19H23FN4O4S2/c1-13-12-29-19(22-13)23-18(26)14-7-10-24(11-8-14)17(25)6-9-21-30(27,28)16-4-2-15(20)3-5-16/h2-5,12,14,21H,6-11H2,1H3,(H,22,23,26). The molecule has 8 nitrogen and oxygen atoms in total. The molecule has 1 aliphatic heterocycles. The number of carbonyl (C=O) groups is 2. The summed E-state index contributed by atoms with van der Waals surface area (Å²) in [6.07, 6.45) is 1.10. The number of nitrogens with zero attached hydrogens (tertiary/aromatic N) is 2. The smallest absolute Gasteiger partial charge is 0.240 e. The number of hydrogen-bond acceptors (Lipinski definition) is 6. The number of carbonyl (C=O) groups excluding carboxylic acids is 2. The maximum absolute atomic E-state index is 12.9. The predicted octanol–water partition coefficient (Wildman–Crippen LogP) is 2.14. The molecule has 2 amide bonds. The van der Waals surface area contributed by atoms with Crippen LogP contribution in [0.15, 0.2) is 34.5 Å². The third-order valence-corrected chi connectivity index (χ3v) is 7.17. The molecule has 3 rings (SSSR count). The van der Waals surface area contributed by atoms with Gasteiger partial charge in [-0.05, 0) is 44.0 Å². The van der Waals surface area contributed by atoms with Crippen molar-refractivity contribution >= 4 is 38.3 Å². The molecule has 1 aromatic heterocycles. The fourth-order valence-electron chi connectivity index (χ4n) is 3.16. The van der Waals surface area contributed by atoms with Crippen LogP contribution in [0.3, 0.4) is 0 Å². The van der Waals surface area contributed by atoms with Crippen molar-refractivity contribution in [2.45, 2.75) is 31.1 Å². The molecule has 1 saturated heterocycles. The SMILES string of the molecule is Cc1csc(NC(=O)C2CCN(C(=O)CCNS(=O)(=O)c3ccc(F)cc3)CC2)n1. The second-order valence-electron chi connectivity index (χ2n) is 7.04. The quantitative estimate of drug-likeness (QED) is 0.666. The topological polar surface area (TPSA) is 108 Å². The molecular weight excluding hydrogens is 431 g/mol. The number of amides is 2. The molecule has 1 fully saturated rings. The maximum Gasteiger partial charge on any atom is 0.240 e. The number of piperidine rings is 1. The number of rotatable bonds is 7. The normalized spacial score (nSPS) is 15.2. The molecule has 11 heteroatoms. The van der Waals surface area contributed by atoms with Crippen molar-refractivity contribution in [3.05, 3.63) is 41.2 Å². The lowest BCUT2D eigenvalue weighted by atomic mass is 9.96. The molecule has 0 saturated carbocycles. The molecule has 1 aliphatic rings. The Bertz CT molecular complexity index is 1000. The van der Waals surface area contributed by atoms with Gasteiger partial charge in [-0.3, -0.25) is 9.59 Å². The highest BCUT2D eigenvalue weighted by Crippen LogP contribution is 2.21. The van der Waals surface area contributed by atoms with Crippen LogP contribution in [0.5, 0.6) is 0 Å². The Morgan fingerprint density at radius 2 is 1.90 bits per heavy atom. The first kappa shape index (κ1) is 22.3. The molecule has 2 heterocycles. The van der Waals surface area contributed by atoms with Gasteiger partial charge in [-0.15, -0.1) is 11.3 Å². The molecule has 0 unspecified atom stereocenters. The van der Waals surface area contributed by atoms with E-state index in [2.05, 4.69) is 15.0 Å². The zero-order valence-corrected chi connectivity index (χ0v) is 18.1. The number of likely N-dealkylation sites (tertiary alicyclic amines) is 1. The minimum atomic E-state index is -3.80. The maximum atomic E-state index is 12.9. The van der Waals surface area contributed by atoms with Crippen LogP contribution in [0.1, 0.15) is 25.0 Å². The molecule has 1 aromatic carbocycles. The molecule has 2 N–H and O–H groups in total. The number of nitrogens with one attached hydrogen (secondary N) is 2. The Labute approximate surface area is 178 Å². The highest BCUT2D eigenvalue weighted by atomic mass is 32.2. The lowest BCUT2D eigenvalue weighted by Gasteiger charge is -2.31. The summed E-state index contributed by atoms with van der Waals surface area (Å²) in [5, 5.41) is 5.25. The van der Waals surface area contributed by atoms with Crippen LogP contribution in [0.4, 0.5) is 9.52 Å². The summed E-state index contributed by atoms with van der Waals surface area (Å²) in [4.78, 5) is 30.5. The number of aryl methyl sites for hydroxylation is 1. The summed E-state index contributed by atoms with van der Waals surface area (Å²) in [5.74, 6) is -0.979. The third-order valence-electron chi connectivity index (χ3n) is 4.82. The minimum Gasteiger partial charge on any atom is -0.343 e. The van der Waals surface area contributed by atoms with Gasteiger partial charge in [0.15, 0.2) is 5.13 Å². The van der Waals surface area contributed by atoms with Gasteiger partial charge in [0, 0.05) is 37.4 Å². The van der Waals surface area contributed by atoms with Crippen LogP contribution in [0, 0.1) is 18.7 Å². The summed E-state index contributed by atoms with van der Waals surface area (Å²) in [5.41, 5.74) is 0.853. The largest absolute Gasteiger partial charge is 0.343 e. The first-order valence-electron chi connectivity index (χ1n) is 9.50. The van der Waals surface area contributed by atoms with Crippen molar-refractivity contribution in [2.24, 2.45) is 5.92 Å². The summed E-state index contributed by atoms with van der Waals surface area (Å²) in [6, 6.07) is 4.47. The average Bonchev–Trinajstić information content (AvgIpc) is 3.12. The van der Waals surface area contributed by atoms with Crippen molar-refractivity contribution in [1.29, 1.82) is 0 Å². The van der Waals surface area contributed by atoms with Gasteiger partial charge in [-0.1, -0.05) is 0 Å². The van der Waals surface area contributed by atoms with E-state index in [4.69, 9.17) is 0 Å². The van der Waals surface area contributed by atoms with E-state index in [0.29, 0.717) is 31.1 Å². The van der Waals surface area contributed by atoms with Gasteiger partial charge < -0.3 is 10.2 Å². The zero-order valence-electron chi connectivity index (χ0n) is 16.4. The summed E-state index contributed by atoms with van der Waals surface area (Å²) < 4.78 is 39.6. The fourth-order valence-corrected chi connectivity index (χ4v) is 4.88. The monoisotopic (exact) mass is 454 g/mol. The van der Waals surface area contributed by atoms with E-state index in [0.717, 1.165) is 17.8 Å². The molecule has 0 aliphatic carbocycles. The van der Waals surface area contributed by atoms with Crippen LogP contribution in [0.2, 0.25) is 0 Å². The highest BCUT2D eigenvalue weighted by Gasteiger charge is 2.27. The van der Waals surface area contributed by atoms with Crippen molar-refractivity contribution in [3.63, 3.8) is 0 Å². The second-order valence-corrected chi connectivity index (χ2v) is 9.67. The number of anilines is 1. The summed E-state index contributed by atoms with van der Waals surface area (Å²) >= 11 is 1.38. The Hall–Kier alpha value is -2.37. The Morgan fingerprint density at radius 1 is 1.23 bits per heavy atom. The predicted molar refractivity (Wildman–Crippen MR) is 111 cm³/mol. The number of halogens is 1. The number of sulfonamides is 1. The Balaban J connectivity index is 1.42. The molecule has 162 valence electrons. The van der Waals surface area contributed by atoms with E-state index >= 15 is 0 Å². The van der Waals surface area contributed by atoms with Crippen LogP contribution in [-0.4, -0.2) is 49.8 Å².